The summed E-state index contributed by atoms with van der Waals surface area (Å²) in [5.74, 6) is -28.9. The van der Waals surface area contributed by atoms with Gasteiger partial charge >= 0.3 is 36.0 Å². The fourth-order valence-electron chi connectivity index (χ4n) is 2.77. The third-order valence-corrected chi connectivity index (χ3v) is 4.95. The first kappa shape index (κ1) is 32.6. The van der Waals surface area contributed by atoms with E-state index in [1.165, 1.54) is 0 Å². The van der Waals surface area contributed by atoms with E-state index in [9.17, 15) is 61.5 Å². The highest BCUT2D eigenvalue weighted by atomic mass is 19.4. The number of halogens is 14. The lowest BCUT2D eigenvalue weighted by Gasteiger charge is -2.34. The molecule has 0 amide bonds. The molecule has 0 aromatic heterocycles. The molecule has 0 aliphatic heterocycles. The van der Waals surface area contributed by atoms with Crippen LogP contribution in [0, 0.1) is 0 Å². The van der Waals surface area contributed by atoms with E-state index in [-0.39, 0.29) is 11.5 Å². The molecule has 0 bridgehead atoms. The van der Waals surface area contributed by atoms with Crippen molar-refractivity contribution < 1.29 is 70.9 Å². The smallest absolute Gasteiger partial charge is 0.460 e. The number of aliphatic imine (C=N–C) groups is 2. The van der Waals surface area contributed by atoms with Gasteiger partial charge in [-0.15, -0.1) is 0 Å². The van der Waals surface area contributed by atoms with Gasteiger partial charge in [0, 0.05) is 0 Å². The monoisotopic (exact) mass is 604 g/mol. The van der Waals surface area contributed by atoms with E-state index in [1.54, 1.807) is 0 Å². The van der Waals surface area contributed by atoms with Crippen molar-refractivity contribution in [2.45, 2.75) is 36.0 Å². The van der Waals surface area contributed by atoms with Gasteiger partial charge in [-0.1, -0.05) is 0 Å². The second-order valence-electron chi connectivity index (χ2n) is 7.61. The van der Waals surface area contributed by atoms with Crippen molar-refractivity contribution in [2.24, 2.45) is 9.98 Å². The van der Waals surface area contributed by atoms with Gasteiger partial charge in [-0.05, 0) is 48.5 Å². The second-order valence-corrected chi connectivity index (χ2v) is 7.61. The Balaban J connectivity index is 3.07. The van der Waals surface area contributed by atoms with Gasteiger partial charge < -0.3 is 9.47 Å². The molecule has 40 heavy (non-hydrogen) atoms. The summed E-state index contributed by atoms with van der Waals surface area (Å²) in [4.78, 5) is 5.14. The Kier molecular flexibility index (Phi) is 8.77. The first-order valence-electron chi connectivity index (χ1n) is 10.2. The summed E-state index contributed by atoms with van der Waals surface area (Å²) < 4.78 is 203. The Bertz CT molecular complexity index is 1130. The van der Waals surface area contributed by atoms with Crippen LogP contribution >= 0.6 is 0 Å². The molecule has 2 aromatic rings. The van der Waals surface area contributed by atoms with Crippen LogP contribution in [0.25, 0.3) is 0 Å². The van der Waals surface area contributed by atoms with E-state index in [2.05, 4.69) is 19.5 Å². The van der Waals surface area contributed by atoms with Crippen LogP contribution in [0.15, 0.2) is 58.5 Å². The van der Waals surface area contributed by atoms with Crippen molar-refractivity contribution >= 4 is 22.8 Å². The number of hydrogen-bond acceptors (Lipinski definition) is 4. The molecule has 18 heteroatoms. The van der Waals surface area contributed by atoms with E-state index < -0.39 is 58.8 Å². The van der Waals surface area contributed by atoms with Crippen molar-refractivity contribution in [2.75, 3.05) is 14.2 Å². The van der Waals surface area contributed by atoms with Crippen molar-refractivity contribution in [3.8, 4) is 11.5 Å². The fourth-order valence-corrected chi connectivity index (χ4v) is 2.77. The molecule has 0 atom stereocenters. The summed E-state index contributed by atoms with van der Waals surface area (Å²) in [5, 5.41) is 0. The molecule has 0 unspecified atom stereocenters. The number of hydrogen-bond donors (Lipinski definition) is 0. The summed E-state index contributed by atoms with van der Waals surface area (Å²) in [6.45, 7) is 0. The lowest BCUT2D eigenvalue weighted by molar-refractivity contribution is -0.339. The van der Waals surface area contributed by atoms with E-state index in [0.29, 0.717) is 24.3 Å². The first-order valence-corrected chi connectivity index (χ1v) is 10.2. The van der Waals surface area contributed by atoms with Crippen LogP contribution in [0.1, 0.15) is 0 Å². The zero-order valence-corrected chi connectivity index (χ0v) is 19.6. The molecule has 0 fully saturated rings. The Morgan fingerprint density at radius 3 is 0.925 bits per heavy atom. The van der Waals surface area contributed by atoms with Gasteiger partial charge in [-0.25, -0.2) is 9.98 Å². The van der Waals surface area contributed by atoms with Crippen molar-refractivity contribution in [1.82, 2.24) is 0 Å². The summed E-state index contributed by atoms with van der Waals surface area (Å²) in [6, 6.07) is 5.30. The second kappa shape index (κ2) is 10.8. The van der Waals surface area contributed by atoms with E-state index >= 15 is 0 Å². The molecular formula is C22H14F14N2O2. The maximum atomic E-state index is 14.9. The van der Waals surface area contributed by atoms with E-state index in [1.807, 2.05) is 0 Å². The van der Waals surface area contributed by atoms with Gasteiger partial charge in [0.1, 0.15) is 22.9 Å². The molecule has 0 N–H and O–H groups in total. The normalized spacial score (nSPS) is 14.8. The van der Waals surface area contributed by atoms with Crippen LogP contribution in [0.4, 0.5) is 72.8 Å². The molecule has 222 valence electrons. The minimum absolute atomic E-state index is 0.117. The van der Waals surface area contributed by atoms with Gasteiger partial charge in [0.05, 0.1) is 25.6 Å². The molecule has 0 aliphatic carbocycles. The lowest BCUT2D eigenvalue weighted by atomic mass is 9.93. The van der Waals surface area contributed by atoms with Crippen molar-refractivity contribution in [3.63, 3.8) is 0 Å². The zero-order chi connectivity index (χ0) is 30.9. The number of alkyl halides is 14. The van der Waals surface area contributed by atoms with E-state index in [4.69, 9.17) is 0 Å². The standard InChI is InChI=1S/C22H14F14N2O2/c1-39-13-7-3-11(4-8-13)37-15(17(23,24)19(27,28)21(31,32)33)16(18(25,26)20(29,30)22(34,35)36)38-12-5-9-14(40-2)10-6-12/h3-10H,1-2H3. The van der Waals surface area contributed by atoms with Crippen LogP contribution in [-0.4, -0.2) is 61.7 Å². The molecule has 0 spiro atoms. The molecule has 0 radical (unpaired) electrons. The molecular weight excluding hydrogens is 590 g/mol. The number of methoxy groups -OCH3 is 2. The zero-order valence-electron chi connectivity index (χ0n) is 19.6. The van der Waals surface area contributed by atoms with Gasteiger partial charge in [0.25, 0.3) is 0 Å². The summed E-state index contributed by atoms with van der Waals surface area (Å²) in [5.41, 5.74) is -9.35. The van der Waals surface area contributed by atoms with E-state index in [0.717, 1.165) is 38.5 Å². The minimum atomic E-state index is -7.32. The third kappa shape index (κ3) is 5.94. The molecule has 0 saturated carbocycles. The molecule has 0 heterocycles. The van der Waals surface area contributed by atoms with Crippen LogP contribution in [0.5, 0.6) is 11.5 Å². The quantitative estimate of drug-likeness (QED) is 0.214. The van der Waals surface area contributed by atoms with Gasteiger partial charge in [-0.2, -0.15) is 61.5 Å². The average Bonchev–Trinajstić information content (AvgIpc) is 2.85. The highest BCUT2D eigenvalue weighted by molar-refractivity contribution is 6.48. The molecule has 0 saturated heterocycles. The topological polar surface area (TPSA) is 43.2 Å². The summed E-state index contributed by atoms with van der Waals surface area (Å²) in [7, 11) is 2.11. The lowest BCUT2D eigenvalue weighted by Crippen LogP contribution is -2.64. The third-order valence-electron chi connectivity index (χ3n) is 4.95. The molecule has 0 aliphatic rings. The number of ether oxygens (including phenoxy) is 2. The minimum Gasteiger partial charge on any atom is -0.497 e. The van der Waals surface area contributed by atoms with Crippen LogP contribution in [0.2, 0.25) is 0 Å². The Morgan fingerprint density at radius 2 is 0.725 bits per heavy atom. The molecule has 2 aromatic carbocycles. The number of rotatable bonds is 9. The van der Waals surface area contributed by atoms with Crippen molar-refractivity contribution in [1.29, 1.82) is 0 Å². The van der Waals surface area contributed by atoms with Gasteiger partial charge in [0.2, 0.25) is 0 Å². The highest BCUT2D eigenvalue weighted by Crippen LogP contribution is 2.52. The largest absolute Gasteiger partial charge is 0.497 e. The van der Waals surface area contributed by atoms with Crippen LogP contribution in [-0.2, 0) is 0 Å². The average molecular weight is 604 g/mol. The Morgan fingerprint density at radius 1 is 0.475 bits per heavy atom. The molecule has 4 nitrogen and oxygen atoms in total. The predicted octanol–water partition coefficient (Wildman–Crippen LogP) is 8.21. The highest BCUT2D eigenvalue weighted by Gasteiger charge is 2.80. The maximum Gasteiger partial charge on any atom is 0.460 e. The first-order chi connectivity index (χ1) is 18.0. The van der Waals surface area contributed by atoms with Gasteiger partial charge in [-0.3, -0.25) is 0 Å². The van der Waals surface area contributed by atoms with Gasteiger partial charge in [0.15, 0.2) is 0 Å². The molecule has 2 rings (SSSR count). The SMILES string of the molecule is COc1ccc(N=C(C(=Nc2ccc(OC)cc2)C(F)(F)C(F)(F)C(F)(F)F)C(F)(F)C(F)(F)C(F)(F)F)cc1. The van der Waals surface area contributed by atoms with Crippen LogP contribution < -0.4 is 9.47 Å². The number of benzene rings is 2. The maximum absolute atomic E-state index is 14.9. The summed E-state index contributed by atoms with van der Waals surface area (Å²) >= 11 is 0. The predicted molar refractivity (Wildman–Crippen MR) is 112 cm³/mol. The summed E-state index contributed by atoms with van der Waals surface area (Å²) in [6.07, 6.45) is -14.5. The number of nitrogens with zero attached hydrogens (tertiary/aromatic N) is 2. The van der Waals surface area contributed by atoms with Crippen LogP contribution in [0.3, 0.4) is 0 Å². The Hall–Kier alpha value is -3.60. The Labute approximate surface area is 214 Å². The van der Waals surface area contributed by atoms with Crippen molar-refractivity contribution in [3.05, 3.63) is 48.5 Å². The fraction of sp³-hybridized carbons (Fsp3) is 0.364.